The number of benzene rings is 2. The van der Waals surface area contributed by atoms with Crippen molar-refractivity contribution >= 4 is 34.4 Å². The number of hydrogen-bond donors (Lipinski definition) is 0. The molecule has 4 rings (SSSR count). The van der Waals surface area contributed by atoms with Gasteiger partial charge in [0.2, 0.25) is 0 Å². The van der Waals surface area contributed by atoms with E-state index >= 15 is 4.39 Å². The molecule has 1 aromatic heterocycles. The van der Waals surface area contributed by atoms with E-state index in [4.69, 9.17) is 21.1 Å². The standard InChI is InChI=1S/C25H27ClF2N4O3/c1-14-12-31(24(33)35-25(2,3)4)9-10-32(14)23-15-11-16(26)19(21(28)22(15)29-13-30-23)20-17(27)7-6-8-18(20)34-5/h6-8,11,13-14H,9-10,12H2,1-5H3/t14-/m1/s1. The Hall–Kier alpha value is -3.20. The lowest BCUT2D eigenvalue weighted by molar-refractivity contribution is 0.0218. The summed E-state index contributed by atoms with van der Waals surface area (Å²) in [5.74, 6) is -0.782. The molecule has 0 bridgehead atoms. The normalized spacial score (nSPS) is 16.5. The fourth-order valence-electron chi connectivity index (χ4n) is 4.26. The zero-order valence-corrected chi connectivity index (χ0v) is 21.0. The number of methoxy groups -OCH3 is 1. The van der Waals surface area contributed by atoms with Gasteiger partial charge in [-0.05, 0) is 45.9 Å². The van der Waals surface area contributed by atoms with Crippen LogP contribution < -0.4 is 9.64 Å². The number of nitrogens with zero attached hydrogens (tertiary/aromatic N) is 4. The van der Waals surface area contributed by atoms with Crippen LogP contribution in [-0.2, 0) is 4.74 Å². The van der Waals surface area contributed by atoms with E-state index in [9.17, 15) is 9.18 Å². The third-order valence-corrected chi connectivity index (χ3v) is 6.09. The van der Waals surface area contributed by atoms with Gasteiger partial charge in [0, 0.05) is 36.6 Å². The summed E-state index contributed by atoms with van der Waals surface area (Å²) in [6.45, 7) is 8.67. The predicted octanol–water partition coefficient (Wildman–Crippen LogP) is 5.68. The smallest absolute Gasteiger partial charge is 0.410 e. The zero-order valence-electron chi connectivity index (χ0n) is 20.2. The molecular formula is C25H27ClF2N4O3. The number of aromatic nitrogens is 2. The minimum atomic E-state index is -0.764. The van der Waals surface area contributed by atoms with Crippen LogP contribution in [0.4, 0.5) is 19.4 Å². The lowest BCUT2D eigenvalue weighted by Crippen LogP contribution is -2.54. The molecule has 0 aliphatic carbocycles. The van der Waals surface area contributed by atoms with Crippen LogP contribution in [0.1, 0.15) is 27.7 Å². The maximum Gasteiger partial charge on any atom is 0.410 e. The van der Waals surface area contributed by atoms with Gasteiger partial charge in [0.1, 0.15) is 34.8 Å². The van der Waals surface area contributed by atoms with Crippen molar-refractivity contribution < 1.29 is 23.0 Å². The Labute approximate surface area is 207 Å². The highest BCUT2D eigenvalue weighted by atomic mass is 35.5. The molecule has 0 N–H and O–H groups in total. The fraction of sp³-hybridized carbons (Fsp3) is 0.400. The number of hydrogen-bond acceptors (Lipinski definition) is 6. The monoisotopic (exact) mass is 504 g/mol. The van der Waals surface area contributed by atoms with E-state index in [0.717, 1.165) is 0 Å². The van der Waals surface area contributed by atoms with Gasteiger partial charge < -0.3 is 19.3 Å². The first-order valence-corrected chi connectivity index (χ1v) is 11.6. The number of anilines is 1. The second-order valence-electron chi connectivity index (χ2n) is 9.43. The minimum Gasteiger partial charge on any atom is -0.496 e. The predicted molar refractivity (Wildman–Crippen MR) is 131 cm³/mol. The number of carbonyl (C=O) groups excluding carboxylic acids is 1. The average Bonchev–Trinajstić information content (AvgIpc) is 2.78. The van der Waals surface area contributed by atoms with Crippen LogP contribution in [0.2, 0.25) is 5.02 Å². The molecule has 7 nitrogen and oxygen atoms in total. The van der Waals surface area contributed by atoms with Gasteiger partial charge in [-0.15, -0.1) is 0 Å². The van der Waals surface area contributed by atoms with Gasteiger partial charge in [0.25, 0.3) is 0 Å². The average molecular weight is 505 g/mol. The molecule has 1 fully saturated rings. The van der Waals surface area contributed by atoms with Crippen molar-refractivity contribution in [2.45, 2.75) is 39.3 Å². The van der Waals surface area contributed by atoms with E-state index in [0.29, 0.717) is 30.8 Å². The lowest BCUT2D eigenvalue weighted by atomic mass is 10.0. The number of fused-ring (bicyclic) bond motifs is 1. The Morgan fingerprint density at radius 1 is 1.17 bits per heavy atom. The lowest BCUT2D eigenvalue weighted by Gasteiger charge is -2.41. The van der Waals surface area contributed by atoms with Crippen LogP contribution in [0, 0.1) is 11.6 Å². The van der Waals surface area contributed by atoms with Gasteiger partial charge in [0.15, 0.2) is 5.82 Å². The third kappa shape index (κ3) is 4.82. The largest absolute Gasteiger partial charge is 0.496 e. The summed E-state index contributed by atoms with van der Waals surface area (Å²) >= 11 is 6.51. The molecule has 186 valence electrons. The maximum atomic E-state index is 15.8. The molecule has 1 aliphatic heterocycles. The molecule has 2 heterocycles. The van der Waals surface area contributed by atoms with Gasteiger partial charge in [-0.3, -0.25) is 0 Å². The molecule has 10 heteroatoms. The Balaban J connectivity index is 1.72. The fourth-order valence-corrected chi connectivity index (χ4v) is 4.54. The highest BCUT2D eigenvalue weighted by Gasteiger charge is 2.32. The van der Waals surface area contributed by atoms with Crippen molar-refractivity contribution in [3.8, 4) is 16.9 Å². The molecule has 0 saturated carbocycles. The first-order chi connectivity index (χ1) is 16.5. The highest BCUT2D eigenvalue weighted by Crippen LogP contribution is 2.42. The molecule has 0 radical (unpaired) electrons. The van der Waals surface area contributed by atoms with Crippen molar-refractivity contribution in [2.75, 3.05) is 31.6 Å². The van der Waals surface area contributed by atoms with Crippen molar-refractivity contribution in [2.24, 2.45) is 0 Å². The maximum absolute atomic E-state index is 15.8. The van der Waals surface area contributed by atoms with E-state index < -0.39 is 17.2 Å². The molecule has 1 amide bonds. The first-order valence-electron chi connectivity index (χ1n) is 11.2. The van der Waals surface area contributed by atoms with Crippen molar-refractivity contribution in [3.05, 3.63) is 47.2 Å². The number of carbonyl (C=O) groups is 1. The van der Waals surface area contributed by atoms with Gasteiger partial charge in [-0.2, -0.15) is 0 Å². The number of piperazine rings is 1. The number of rotatable bonds is 3. The van der Waals surface area contributed by atoms with Crippen LogP contribution in [-0.4, -0.2) is 59.3 Å². The Bertz CT molecular complexity index is 1280. The second kappa shape index (κ2) is 9.45. The first kappa shape index (κ1) is 24.9. The summed E-state index contributed by atoms with van der Waals surface area (Å²) in [6.07, 6.45) is 0.887. The van der Waals surface area contributed by atoms with E-state index in [-0.39, 0.29) is 39.6 Å². The molecule has 0 unspecified atom stereocenters. The van der Waals surface area contributed by atoms with Gasteiger partial charge in [0.05, 0.1) is 17.7 Å². The van der Waals surface area contributed by atoms with E-state index in [1.54, 1.807) is 11.0 Å². The molecule has 2 aromatic carbocycles. The summed E-state index contributed by atoms with van der Waals surface area (Å²) in [7, 11) is 1.38. The second-order valence-corrected chi connectivity index (χ2v) is 9.83. The zero-order chi connectivity index (χ0) is 25.5. The molecule has 35 heavy (non-hydrogen) atoms. The van der Waals surface area contributed by atoms with Gasteiger partial charge >= 0.3 is 6.09 Å². The van der Waals surface area contributed by atoms with Crippen LogP contribution in [0.15, 0.2) is 30.6 Å². The molecule has 3 aromatic rings. The van der Waals surface area contributed by atoms with Crippen LogP contribution >= 0.6 is 11.6 Å². The quantitative estimate of drug-likeness (QED) is 0.457. The topological polar surface area (TPSA) is 67.8 Å². The Morgan fingerprint density at radius 2 is 1.91 bits per heavy atom. The molecular weight excluding hydrogens is 478 g/mol. The molecule has 1 saturated heterocycles. The van der Waals surface area contributed by atoms with Gasteiger partial charge in [-0.25, -0.2) is 23.5 Å². The molecule has 0 spiro atoms. The number of halogens is 3. The van der Waals surface area contributed by atoms with E-state index in [1.807, 2.05) is 32.6 Å². The van der Waals surface area contributed by atoms with Gasteiger partial charge in [-0.1, -0.05) is 17.7 Å². The number of amides is 1. The third-order valence-electron chi connectivity index (χ3n) is 5.80. The summed E-state index contributed by atoms with van der Waals surface area (Å²) in [6, 6.07) is 5.64. The highest BCUT2D eigenvalue weighted by molar-refractivity contribution is 6.34. The van der Waals surface area contributed by atoms with E-state index in [2.05, 4.69) is 9.97 Å². The van der Waals surface area contributed by atoms with Crippen LogP contribution in [0.5, 0.6) is 5.75 Å². The molecule has 1 atom stereocenters. The van der Waals surface area contributed by atoms with E-state index in [1.165, 1.54) is 31.6 Å². The minimum absolute atomic E-state index is 0.00879. The van der Waals surface area contributed by atoms with Crippen molar-refractivity contribution in [3.63, 3.8) is 0 Å². The Kier molecular flexibility index (Phi) is 6.73. The van der Waals surface area contributed by atoms with Crippen LogP contribution in [0.25, 0.3) is 22.0 Å². The van der Waals surface area contributed by atoms with Crippen molar-refractivity contribution in [1.82, 2.24) is 14.9 Å². The number of ether oxygens (including phenoxy) is 2. The van der Waals surface area contributed by atoms with Crippen molar-refractivity contribution in [1.29, 1.82) is 0 Å². The SMILES string of the molecule is COc1cccc(F)c1-c1c(Cl)cc2c(N3CCN(C(=O)OC(C)(C)C)C[C@H]3C)ncnc2c1F. The summed E-state index contributed by atoms with van der Waals surface area (Å²) in [4.78, 5) is 24.7. The van der Waals surface area contributed by atoms with Crippen LogP contribution in [0.3, 0.4) is 0 Å². The Morgan fingerprint density at radius 3 is 2.57 bits per heavy atom. The summed E-state index contributed by atoms with van der Waals surface area (Å²) in [5, 5.41) is 0.404. The summed E-state index contributed by atoms with van der Waals surface area (Å²) < 4.78 is 41.3. The summed E-state index contributed by atoms with van der Waals surface area (Å²) in [5.41, 5.74) is -0.769. The molecule has 1 aliphatic rings.